The molecule has 0 aliphatic rings. The molecule has 0 radical (unpaired) electrons. The SMILES string of the molecule is O=C(Cn1cnc2sc(-c3ccccc3)cc2c1=O)c1ccc(Cl)s1. The van der Waals surface area contributed by atoms with Gasteiger partial charge in [0.25, 0.3) is 5.56 Å². The molecule has 4 nitrogen and oxygen atoms in total. The summed E-state index contributed by atoms with van der Waals surface area (Å²) in [5.74, 6) is -0.154. The molecule has 7 heteroatoms. The first-order valence-corrected chi connectivity index (χ1v) is 9.46. The van der Waals surface area contributed by atoms with Crippen molar-refractivity contribution in [3.8, 4) is 10.4 Å². The zero-order valence-corrected chi connectivity index (χ0v) is 15.2. The first-order valence-electron chi connectivity index (χ1n) is 7.45. The van der Waals surface area contributed by atoms with E-state index in [9.17, 15) is 9.59 Å². The number of fused-ring (bicyclic) bond motifs is 1. The smallest absolute Gasteiger partial charge is 0.262 e. The Bertz CT molecular complexity index is 1130. The highest BCUT2D eigenvalue weighted by Gasteiger charge is 2.14. The van der Waals surface area contributed by atoms with Gasteiger partial charge >= 0.3 is 0 Å². The predicted molar refractivity (Wildman–Crippen MR) is 103 cm³/mol. The number of thiophene rings is 2. The van der Waals surface area contributed by atoms with E-state index in [1.807, 2.05) is 36.4 Å². The molecule has 124 valence electrons. The van der Waals surface area contributed by atoms with Crippen molar-refractivity contribution in [2.75, 3.05) is 0 Å². The number of Topliss-reactive ketones (excluding diaryl/α,β-unsaturated/α-hetero) is 1. The van der Waals surface area contributed by atoms with Crippen LogP contribution in [0.4, 0.5) is 0 Å². The van der Waals surface area contributed by atoms with Crippen LogP contribution in [-0.2, 0) is 6.54 Å². The third kappa shape index (κ3) is 3.16. The van der Waals surface area contributed by atoms with Crippen LogP contribution in [0.1, 0.15) is 9.67 Å². The Hall–Kier alpha value is -2.28. The summed E-state index contributed by atoms with van der Waals surface area (Å²) in [6, 6.07) is 15.0. The van der Waals surface area contributed by atoms with Crippen LogP contribution in [-0.4, -0.2) is 15.3 Å². The average molecular weight is 387 g/mol. The molecule has 1 aromatic carbocycles. The Morgan fingerprint density at radius 2 is 1.92 bits per heavy atom. The summed E-state index contributed by atoms with van der Waals surface area (Å²) in [6.45, 7) is -0.0465. The topological polar surface area (TPSA) is 52.0 Å². The van der Waals surface area contributed by atoms with E-state index in [1.54, 1.807) is 12.1 Å². The fourth-order valence-corrected chi connectivity index (χ4v) is 4.48. The van der Waals surface area contributed by atoms with Crippen molar-refractivity contribution in [1.82, 2.24) is 9.55 Å². The number of aromatic nitrogens is 2. The van der Waals surface area contributed by atoms with Crippen molar-refractivity contribution >= 4 is 50.3 Å². The third-order valence-corrected chi connectivity index (χ3v) is 6.10. The number of hydrogen-bond acceptors (Lipinski definition) is 5. The van der Waals surface area contributed by atoms with Gasteiger partial charge in [0, 0.05) is 4.88 Å². The van der Waals surface area contributed by atoms with Crippen molar-refractivity contribution < 1.29 is 4.79 Å². The van der Waals surface area contributed by atoms with Gasteiger partial charge in [-0.05, 0) is 23.8 Å². The molecule has 0 N–H and O–H groups in total. The molecule has 0 spiro atoms. The van der Waals surface area contributed by atoms with Gasteiger partial charge < -0.3 is 0 Å². The summed E-state index contributed by atoms with van der Waals surface area (Å²) in [7, 11) is 0. The maximum Gasteiger partial charge on any atom is 0.262 e. The minimum Gasteiger partial charge on any atom is -0.291 e. The molecule has 0 bridgehead atoms. The second kappa shape index (κ2) is 6.55. The van der Waals surface area contributed by atoms with E-state index in [4.69, 9.17) is 11.6 Å². The summed E-state index contributed by atoms with van der Waals surface area (Å²) in [5, 5.41) is 0.531. The van der Waals surface area contributed by atoms with Gasteiger partial charge in [-0.25, -0.2) is 4.98 Å². The van der Waals surface area contributed by atoms with Crippen LogP contribution in [0.25, 0.3) is 20.7 Å². The van der Waals surface area contributed by atoms with Crippen LogP contribution in [0.5, 0.6) is 0 Å². The summed E-state index contributed by atoms with van der Waals surface area (Å²) in [5.41, 5.74) is 0.834. The van der Waals surface area contributed by atoms with Crippen LogP contribution >= 0.6 is 34.3 Å². The molecule has 0 saturated heterocycles. The van der Waals surface area contributed by atoms with Gasteiger partial charge in [-0.2, -0.15) is 0 Å². The van der Waals surface area contributed by atoms with Crippen LogP contribution in [0, 0.1) is 0 Å². The maximum absolute atomic E-state index is 12.7. The number of rotatable bonds is 4. The summed E-state index contributed by atoms with van der Waals surface area (Å²) >= 11 is 8.54. The molecule has 25 heavy (non-hydrogen) atoms. The molecule has 0 amide bonds. The Morgan fingerprint density at radius 1 is 1.12 bits per heavy atom. The molecule has 4 rings (SSSR count). The molecule has 3 heterocycles. The lowest BCUT2D eigenvalue weighted by Crippen LogP contribution is -2.23. The monoisotopic (exact) mass is 386 g/mol. The Balaban J connectivity index is 1.70. The van der Waals surface area contributed by atoms with Crippen LogP contribution in [0.3, 0.4) is 0 Å². The summed E-state index contributed by atoms with van der Waals surface area (Å²) in [6.07, 6.45) is 1.43. The van der Waals surface area contributed by atoms with Crippen LogP contribution < -0.4 is 5.56 Å². The van der Waals surface area contributed by atoms with Crippen molar-refractivity contribution in [2.24, 2.45) is 0 Å². The number of benzene rings is 1. The predicted octanol–water partition coefficient (Wildman–Crippen LogP) is 4.72. The lowest BCUT2D eigenvalue weighted by Gasteiger charge is -2.02. The van der Waals surface area contributed by atoms with Crippen LogP contribution in [0.15, 0.2) is 59.7 Å². The van der Waals surface area contributed by atoms with E-state index in [2.05, 4.69) is 4.98 Å². The number of halogens is 1. The molecular weight excluding hydrogens is 376 g/mol. The molecule has 0 aliphatic carbocycles. The highest BCUT2D eigenvalue weighted by atomic mass is 35.5. The fraction of sp³-hybridized carbons (Fsp3) is 0.0556. The average Bonchev–Trinajstić information content (AvgIpc) is 3.25. The zero-order chi connectivity index (χ0) is 17.4. The minimum atomic E-state index is -0.209. The minimum absolute atomic E-state index is 0.0465. The van der Waals surface area contributed by atoms with Crippen LogP contribution in [0.2, 0.25) is 4.34 Å². The molecule has 3 aromatic heterocycles. The van der Waals surface area contributed by atoms with Gasteiger partial charge in [-0.3, -0.25) is 14.2 Å². The molecule has 4 aromatic rings. The molecule has 0 saturated carbocycles. The fourth-order valence-electron chi connectivity index (χ4n) is 2.51. The van der Waals surface area contributed by atoms with Gasteiger partial charge in [0.05, 0.1) is 27.5 Å². The number of hydrogen-bond donors (Lipinski definition) is 0. The lowest BCUT2D eigenvalue weighted by molar-refractivity contribution is 0.0974. The highest BCUT2D eigenvalue weighted by molar-refractivity contribution is 7.21. The van der Waals surface area contributed by atoms with Gasteiger partial charge in [-0.1, -0.05) is 41.9 Å². The molecular formula is C18H11ClN2O2S2. The molecule has 0 aliphatic heterocycles. The van der Waals surface area contributed by atoms with E-state index in [-0.39, 0.29) is 17.9 Å². The molecule has 0 fully saturated rings. The molecule has 0 unspecified atom stereocenters. The van der Waals surface area contributed by atoms with E-state index in [1.165, 1.54) is 33.6 Å². The van der Waals surface area contributed by atoms with Gasteiger partial charge in [0.15, 0.2) is 5.78 Å². The Kier molecular flexibility index (Phi) is 4.25. The summed E-state index contributed by atoms with van der Waals surface area (Å²) < 4.78 is 1.90. The Labute approximate surface area is 156 Å². The first kappa shape index (κ1) is 16.2. The lowest BCUT2D eigenvalue weighted by atomic mass is 10.2. The van der Waals surface area contributed by atoms with Gasteiger partial charge in [0.2, 0.25) is 0 Å². The van der Waals surface area contributed by atoms with Crippen molar-refractivity contribution in [3.05, 3.63) is 74.4 Å². The van der Waals surface area contributed by atoms with Gasteiger partial charge in [0.1, 0.15) is 4.83 Å². The van der Waals surface area contributed by atoms with E-state index in [0.29, 0.717) is 19.4 Å². The highest BCUT2D eigenvalue weighted by Crippen LogP contribution is 2.30. The second-order valence-corrected chi connectivity index (χ2v) is 8.15. The quantitative estimate of drug-likeness (QED) is 0.477. The van der Waals surface area contributed by atoms with Crippen molar-refractivity contribution in [2.45, 2.75) is 6.54 Å². The van der Waals surface area contributed by atoms with Crippen molar-refractivity contribution in [1.29, 1.82) is 0 Å². The van der Waals surface area contributed by atoms with E-state index < -0.39 is 0 Å². The van der Waals surface area contributed by atoms with Crippen molar-refractivity contribution in [3.63, 3.8) is 0 Å². The zero-order valence-electron chi connectivity index (χ0n) is 12.8. The van der Waals surface area contributed by atoms with E-state index >= 15 is 0 Å². The number of ketones is 1. The second-order valence-electron chi connectivity index (χ2n) is 5.40. The standard InChI is InChI=1S/C18H11ClN2O2S2/c19-16-7-6-14(24-16)13(22)9-21-10-20-17-12(18(21)23)8-15(25-17)11-4-2-1-3-5-11/h1-8,10H,9H2. The largest absolute Gasteiger partial charge is 0.291 e. The summed E-state index contributed by atoms with van der Waals surface area (Å²) in [4.78, 5) is 31.5. The number of carbonyl (C=O) groups excluding carboxylic acids is 1. The maximum atomic E-state index is 12.7. The number of nitrogens with zero attached hydrogens (tertiary/aromatic N) is 2. The Morgan fingerprint density at radius 3 is 2.64 bits per heavy atom. The molecule has 0 atom stereocenters. The number of carbonyl (C=O) groups is 1. The van der Waals surface area contributed by atoms with Gasteiger partial charge in [-0.15, -0.1) is 22.7 Å². The van der Waals surface area contributed by atoms with E-state index in [0.717, 1.165) is 10.4 Å². The first-order chi connectivity index (χ1) is 12.1. The normalized spacial score (nSPS) is 11.1. The third-order valence-electron chi connectivity index (χ3n) is 3.74.